The molecule has 2 heterocycles. The SMILES string of the molecule is CCOC(=O)C1=C(c2ccccc2)N=c2s/c(=C\c3cccc(OC)c3OCC)c(=O)n2[C@@H]1c1cccc(OC)c1. The topological polar surface area (TPSA) is 88.4 Å². The normalized spacial score (nSPS) is 14.7. The molecular formula is C32H30N2O6S. The van der Waals surface area contributed by atoms with Crippen LogP contribution in [0.25, 0.3) is 11.8 Å². The van der Waals surface area contributed by atoms with E-state index in [0.29, 0.717) is 50.0 Å². The first kappa shape index (κ1) is 27.9. The van der Waals surface area contributed by atoms with Crippen LogP contribution < -0.4 is 29.1 Å². The Labute approximate surface area is 241 Å². The fraction of sp³-hybridized carbons (Fsp3) is 0.219. The van der Waals surface area contributed by atoms with Crippen LogP contribution in [0.2, 0.25) is 0 Å². The smallest absolute Gasteiger partial charge is 0.338 e. The van der Waals surface area contributed by atoms with Gasteiger partial charge in [0, 0.05) is 11.1 Å². The van der Waals surface area contributed by atoms with Gasteiger partial charge in [-0.05, 0) is 43.7 Å². The van der Waals surface area contributed by atoms with Gasteiger partial charge >= 0.3 is 5.97 Å². The van der Waals surface area contributed by atoms with E-state index >= 15 is 0 Å². The number of para-hydroxylation sites is 1. The van der Waals surface area contributed by atoms with Crippen molar-refractivity contribution in [2.24, 2.45) is 4.99 Å². The van der Waals surface area contributed by atoms with Gasteiger partial charge in [-0.25, -0.2) is 9.79 Å². The molecule has 0 aliphatic carbocycles. The molecule has 4 aromatic rings. The number of carbonyl (C=O) groups is 1. The van der Waals surface area contributed by atoms with E-state index in [1.807, 2.05) is 79.7 Å². The molecule has 1 aliphatic rings. The van der Waals surface area contributed by atoms with Crippen molar-refractivity contribution in [2.45, 2.75) is 19.9 Å². The first-order valence-electron chi connectivity index (χ1n) is 13.2. The summed E-state index contributed by atoms with van der Waals surface area (Å²) in [6.45, 7) is 4.25. The third kappa shape index (κ3) is 5.40. The highest BCUT2D eigenvalue weighted by Gasteiger charge is 2.35. The zero-order valence-corrected chi connectivity index (χ0v) is 24.1. The lowest BCUT2D eigenvalue weighted by atomic mass is 9.93. The van der Waals surface area contributed by atoms with Gasteiger partial charge in [0.1, 0.15) is 5.75 Å². The molecule has 5 rings (SSSR count). The van der Waals surface area contributed by atoms with Crippen molar-refractivity contribution in [2.75, 3.05) is 27.4 Å². The van der Waals surface area contributed by atoms with Crippen LogP contribution in [0, 0.1) is 0 Å². The maximum atomic E-state index is 14.2. The third-order valence-electron chi connectivity index (χ3n) is 6.59. The van der Waals surface area contributed by atoms with E-state index in [1.165, 1.54) is 11.3 Å². The highest BCUT2D eigenvalue weighted by atomic mass is 32.1. The molecule has 210 valence electrons. The number of carbonyl (C=O) groups excluding carboxylic acids is 1. The van der Waals surface area contributed by atoms with Crippen LogP contribution in [-0.2, 0) is 9.53 Å². The number of nitrogens with zero attached hydrogens (tertiary/aromatic N) is 2. The summed E-state index contributed by atoms with van der Waals surface area (Å²) in [5.41, 5.74) is 2.58. The summed E-state index contributed by atoms with van der Waals surface area (Å²) in [6.07, 6.45) is 1.77. The molecule has 3 aromatic carbocycles. The number of ether oxygens (including phenoxy) is 4. The van der Waals surface area contributed by atoms with Gasteiger partial charge in [-0.2, -0.15) is 0 Å². The lowest BCUT2D eigenvalue weighted by Gasteiger charge is -2.26. The van der Waals surface area contributed by atoms with Crippen LogP contribution in [0.3, 0.4) is 0 Å². The molecule has 0 saturated carbocycles. The summed E-state index contributed by atoms with van der Waals surface area (Å²) in [5.74, 6) is 1.18. The number of methoxy groups -OCH3 is 2. The summed E-state index contributed by atoms with van der Waals surface area (Å²) < 4.78 is 24.4. The molecule has 0 radical (unpaired) electrons. The predicted octanol–water partition coefficient (Wildman–Crippen LogP) is 4.35. The maximum Gasteiger partial charge on any atom is 0.338 e. The molecule has 0 spiro atoms. The number of hydrogen-bond donors (Lipinski definition) is 0. The fourth-order valence-corrected chi connectivity index (χ4v) is 5.81. The Kier molecular flexibility index (Phi) is 8.35. The van der Waals surface area contributed by atoms with Gasteiger partial charge in [0.15, 0.2) is 16.3 Å². The number of rotatable bonds is 9. The average molecular weight is 571 g/mol. The van der Waals surface area contributed by atoms with Crippen molar-refractivity contribution in [1.29, 1.82) is 0 Å². The van der Waals surface area contributed by atoms with E-state index in [0.717, 1.165) is 5.56 Å². The lowest BCUT2D eigenvalue weighted by Crippen LogP contribution is -2.40. The van der Waals surface area contributed by atoms with Crippen LogP contribution in [0.15, 0.2) is 88.2 Å². The molecule has 0 bridgehead atoms. The molecule has 41 heavy (non-hydrogen) atoms. The van der Waals surface area contributed by atoms with E-state index in [9.17, 15) is 9.59 Å². The molecule has 0 unspecified atom stereocenters. The number of fused-ring (bicyclic) bond motifs is 1. The molecule has 0 amide bonds. The fourth-order valence-electron chi connectivity index (χ4n) is 4.81. The van der Waals surface area contributed by atoms with E-state index in [4.69, 9.17) is 23.9 Å². The second-order valence-corrected chi connectivity index (χ2v) is 10.0. The third-order valence-corrected chi connectivity index (χ3v) is 7.57. The van der Waals surface area contributed by atoms with Crippen molar-refractivity contribution in [3.8, 4) is 17.2 Å². The second-order valence-electron chi connectivity index (χ2n) is 9.02. The average Bonchev–Trinajstić information content (AvgIpc) is 3.31. The Bertz CT molecular complexity index is 1790. The van der Waals surface area contributed by atoms with E-state index in [2.05, 4.69) is 0 Å². The van der Waals surface area contributed by atoms with Gasteiger partial charge in [0.25, 0.3) is 5.56 Å². The van der Waals surface area contributed by atoms with Gasteiger partial charge in [-0.1, -0.05) is 65.9 Å². The standard InChI is InChI=1S/C32H30N2O6S/c1-5-39-29-22(15-11-17-24(29)38-4)19-25-30(35)34-28(21-14-10-16-23(18-21)37-3)26(31(36)40-6-2)27(33-32(34)41-25)20-12-8-7-9-13-20/h7-19,28H,5-6H2,1-4H3/b25-19-/t28-/m1/s1. The molecule has 0 N–H and O–H groups in total. The van der Waals surface area contributed by atoms with Gasteiger partial charge in [0.05, 0.1) is 49.3 Å². The monoisotopic (exact) mass is 570 g/mol. The minimum Gasteiger partial charge on any atom is -0.497 e. The molecule has 1 aliphatic heterocycles. The highest BCUT2D eigenvalue weighted by molar-refractivity contribution is 7.07. The zero-order valence-electron chi connectivity index (χ0n) is 23.2. The minimum atomic E-state index is -0.797. The van der Waals surface area contributed by atoms with Crippen LogP contribution in [0.1, 0.15) is 36.6 Å². The van der Waals surface area contributed by atoms with Crippen LogP contribution in [-0.4, -0.2) is 38.0 Å². The van der Waals surface area contributed by atoms with Crippen LogP contribution in [0.4, 0.5) is 0 Å². The zero-order chi connectivity index (χ0) is 28.9. The summed E-state index contributed by atoms with van der Waals surface area (Å²) in [5, 5.41) is 0. The second kappa shape index (κ2) is 12.3. The Hall–Kier alpha value is -4.63. The molecule has 1 atom stereocenters. The highest BCUT2D eigenvalue weighted by Crippen LogP contribution is 2.36. The van der Waals surface area contributed by atoms with Crippen molar-refractivity contribution in [3.63, 3.8) is 0 Å². The summed E-state index contributed by atoms with van der Waals surface area (Å²) in [7, 11) is 3.15. The molecule has 1 aromatic heterocycles. The number of benzene rings is 3. The van der Waals surface area contributed by atoms with Crippen LogP contribution in [0.5, 0.6) is 17.2 Å². The molecule has 0 fully saturated rings. The van der Waals surface area contributed by atoms with Crippen molar-refractivity contribution < 1.29 is 23.7 Å². The molecule has 0 saturated heterocycles. The van der Waals surface area contributed by atoms with E-state index < -0.39 is 12.0 Å². The Balaban J connectivity index is 1.83. The Morgan fingerprint density at radius 1 is 0.976 bits per heavy atom. The van der Waals surface area contributed by atoms with Crippen molar-refractivity contribution in [1.82, 2.24) is 4.57 Å². The Morgan fingerprint density at radius 2 is 1.76 bits per heavy atom. The number of hydrogen-bond acceptors (Lipinski definition) is 8. The number of esters is 1. The van der Waals surface area contributed by atoms with Crippen molar-refractivity contribution in [3.05, 3.63) is 115 Å². The minimum absolute atomic E-state index is 0.176. The summed E-state index contributed by atoms with van der Waals surface area (Å²) in [4.78, 5) is 33.1. The van der Waals surface area contributed by atoms with Gasteiger partial charge in [-0.15, -0.1) is 0 Å². The van der Waals surface area contributed by atoms with Crippen LogP contribution >= 0.6 is 11.3 Å². The quantitative estimate of drug-likeness (QED) is 0.278. The van der Waals surface area contributed by atoms with Gasteiger partial charge < -0.3 is 18.9 Å². The van der Waals surface area contributed by atoms with Gasteiger partial charge in [0.2, 0.25) is 0 Å². The first-order valence-corrected chi connectivity index (χ1v) is 14.0. The van der Waals surface area contributed by atoms with Gasteiger partial charge in [-0.3, -0.25) is 9.36 Å². The largest absolute Gasteiger partial charge is 0.497 e. The molecular weight excluding hydrogens is 540 g/mol. The van der Waals surface area contributed by atoms with E-state index in [1.54, 1.807) is 31.8 Å². The number of thiazole rings is 1. The lowest BCUT2D eigenvalue weighted by molar-refractivity contribution is -0.138. The first-order chi connectivity index (χ1) is 20.0. The maximum absolute atomic E-state index is 14.2. The Morgan fingerprint density at radius 3 is 2.46 bits per heavy atom. The molecule has 9 heteroatoms. The summed E-state index contributed by atoms with van der Waals surface area (Å²) >= 11 is 1.25. The summed E-state index contributed by atoms with van der Waals surface area (Å²) in [6, 6.07) is 21.5. The van der Waals surface area contributed by atoms with Crippen molar-refractivity contribution >= 4 is 29.1 Å². The number of aromatic nitrogens is 1. The van der Waals surface area contributed by atoms with E-state index in [-0.39, 0.29) is 17.7 Å². The molecule has 8 nitrogen and oxygen atoms in total. The predicted molar refractivity (Wildman–Crippen MR) is 158 cm³/mol.